The van der Waals surface area contributed by atoms with Crippen LogP contribution >= 0.6 is 0 Å². The highest BCUT2D eigenvalue weighted by atomic mass is 16.1. The van der Waals surface area contributed by atoms with Crippen LogP contribution in [0.15, 0.2) is 61.2 Å². The molecule has 0 aliphatic heterocycles. The minimum Gasteiger partial charge on any atom is -0.349 e. The van der Waals surface area contributed by atoms with Gasteiger partial charge in [-0.3, -0.25) is 9.36 Å². The van der Waals surface area contributed by atoms with Crippen LogP contribution in [-0.4, -0.2) is 31.5 Å². The maximum atomic E-state index is 12.5. The third kappa shape index (κ3) is 3.49. The molecular weight excluding hydrogens is 362 g/mol. The summed E-state index contributed by atoms with van der Waals surface area (Å²) in [5.74, 6) is -0.0300. The van der Waals surface area contributed by atoms with E-state index in [2.05, 4.69) is 32.4 Å². The average Bonchev–Trinajstić information content (AvgIpc) is 3.45. The molecule has 1 aliphatic carbocycles. The number of rotatable bonds is 5. The van der Waals surface area contributed by atoms with E-state index in [0.717, 1.165) is 41.0 Å². The number of fused-ring (bicyclic) bond motifs is 1. The molecule has 1 aliphatic rings. The lowest BCUT2D eigenvalue weighted by Crippen LogP contribution is -2.25. The molecule has 29 heavy (non-hydrogen) atoms. The second-order valence-corrected chi connectivity index (χ2v) is 7.52. The number of aryl methyl sites for hydroxylation is 1. The zero-order valence-corrected chi connectivity index (χ0v) is 16.2. The molecule has 0 unspecified atom stereocenters. The molecule has 2 heterocycles. The Kier molecular flexibility index (Phi) is 4.31. The van der Waals surface area contributed by atoms with Gasteiger partial charge in [0.1, 0.15) is 18.2 Å². The minimum absolute atomic E-state index is 0.0300. The van der Waals surface area contributed by atoms with E-state index in [9.17, 15) is 4.79 Å². The second kappa shape index (κ2) is 7.13. The first-order valence-corrected chi connectivity index (χ1v) is 9.82. The van der Waals surface area contributed by atoms with Gasteiger partial charge in [0.2, 0.25) is 0 Å². The number of carbonyl (C=O) groups excluding carboxylic acids is 1. The molecule has 1 fully saturated rings. The van der Waals surface area contributed by atoms with Crippen molar-refractivity contribution in [1.82, 2.24) is 24.8 Å². The Hall–Kier alpha value is -3.54. The molecule has 6 heteroatoms. The molecule has 0 saturated heterocycles. The summed E-state index contributed by atoms with van der Waals surface area (Å²) >= 11 is 0. The summed E-state index contributed by atoms with van der Waals surface area (Å²) in [6, 6.07) is 16.3. The number of imidazole rings is 1. The largest absolute Gasteiger partial charge is 0.349 e. The molecule has 1 saturated carbocycles. The number of nitrogens with zero attached hydrogens (tertiary/aromatic N) is 4. The van der Waals surface area contributed by atoms with Crippen molar-refractivity contribution >= 4 is 17.1 Å². The molecule has 0 bridgehead atoms. The zero-order valence-electron chi connectivity index (χ0n) is 16.2. The lowest BCUT2D eigenvalue weighted by molar-refractivity contribution is 0.0951. The Balaban J connectivity index is 1.54. The van der Waals surface area contributed by atoms with Crippen LogP contribution in [0.25, 0.3) is 16.9 Å². The predicted octanol–water partition coefficient (Wildman–Crippen LogP) is 3.61. The first kappa shape index (κ1) is 17.6. The topological polar surface area (TPSA) is 72.7 Å². The van der Waals surface area contributed by atoms with Crippen molar-refractivity contribution in [1.29, 1.82) is 0 Å². The van der Waals surface area contributed by atoms with E-state index >= 15 is 0 Å². The SMILES string of the molecule is Cc1ccc(C(=O)NC2CC2)cc1-n1cnc2c(Cc3ccccc3)ncnc21. The van der Waals surface area contributed by atoms with E-state index in [-0.39, 0.29) is 5.91 Å². The van der Waals surface area contributed by atoms with Gasteiger partial charge in [0, 0.05) is 18.0 Å². The van der Waals surface area contributed by atoms with Crippen LogP contribution in [-0.2, 0) is 6.42 Å². The number of amides is 1. The average molecular weight is 383 g/mol. The van der Waals surface area contributed by atoms with Gasteiger partial charge in [-0.25, -0.2) is 15.0 Å². The fourth-order valence-electron chi connectivity index (χ4n) is 3.48. The molecule has 0 atom stereocenters. The Bertz CT molecular complexity index is 1190. The van der Waals surface area contributed by atoms with Gasteiger partial charge in [0.05, 0.1) is 11.4 Å². The second-order valence-electron chi connectivity index (χ2n) is 7.52. The Morgan fingerprint density at radius 2 is 1.93 bits per heavy atom. The summed E-state index contributed by atoms with van der Waals surface area (Å²) in [7, 11) is 0. The summed E-state index contributed by atoms with van der Waals surface area (Å²) in [6.45, 7) is 2.02. The van der Waals surface area contributed by atoms with Crippen molar-refractivity contribution in [3.63, 3.8) is 0 Å². The number of nitrogens with one attached hydrogen (secondary N) is 1. The van der Waals surface area contributed by atoms with Gasteiger partial charge in [-0.2, -0.15) is 0 Å². The lowest BCUT2D eigenvalue weighted by atomic mass is 10.1. The van der Waals surface area contributed by atoms with Crippen LogP contribution in [0, 0.1) is 6.92 Å². The van der Waals surface area contributed by atoms with Gasteiger partial charge in [-0.05, 0) is 43.0 Å². The van der Waals surface area contributed by atoms with Gasteiger partial charge in [0.15, 0.2) is 5.65 Å². The number of benzene rings is 2. The lowest BCUT2D eigenvalue weighted by Gasteiger charge is -2.11. The van der Waals surface area contributed by atoms with Gasteiger partial charge < -0.3 is 5.32 Å². The molecule has 5 rings (SSSR count). The normalized spacial score (nSPS) is 13.6. The van der Waals surface area contributed by atoms with Crippen molar-refractivity contribution in [2.45, 2.75) is 32.2 Å². The summed E-state index contributed by atoms with van der Waals surface area (Å²) in [6.07, 6.45) is 6.17. The number of hydrogen-bond donors (Lipinski definition) is 1. The summed E-state index contributed by atoms with van der Waals surface area (Å²) < 4.78 is 1.94. The van der Waals surface area contributed by atoms with Crippen LogP contribution in [0.5, 0.6) is 0 Å². The maximum absolute atomic E-state index is 12.5. The fourth-order valence-corrected chi connectivity index (χ4v) is 3.48. The number of hydrogen-bond acceptors (Lipinski definition) is 4. The van der Waals surface area contributed by atoms with Crippen LogP contribution in [0.2, 0.25) is 0 Å². The summed E-state index contributed by atoms with van der Waals surface area (Å²) in [4.78, 5) is 26.0. The van der Waals surface area contributed by atoms with E-state index < -0.39 is 0 Å². The van der Waals surface area contributed by atoms with E-state index in [4.69, 9.17) is 0 Å². The van der Waals surface area contributed by atoms with Crippen LogP contribution in [0.3, 0.4) is 0 Å². The highest BCUT2D eigenvalue weighted by Gasteiger charge is 2.24. The standard InChI is InChI=1S/C23H21N5O/c1-15-7-8-17(23(29)27-18-9-10-18)12-20(15)28-14-26-21-19(24-13-25-22(21)28)11-16-5-3-2-4-6-16/h2-8,12-14,18H,9-11H2,1H3,(H,27,29). The zero-order chi connectivity index (χ0) is 19.8. The molecule has 2 aromatic heterocycles. The Morgan fingerprint density at radius 1 is 1.10 bits per heavy atom. The quantitative estimate of drug-likeness (QED) is 0.571. The maximum Gasteiger partial charge on any atom is 0.251 e. The third-order valence-electron chi connectivity index (χ3n) is 5.27. The molecular formula is C23H21N5O. The van der Waals surface area contributed by atoms with Gasteiger partial charge >= 0.3 is 0 Å². The predicted molar refractivity (Wildman–Crippen MR) is 111 cm³/mol. The molecule has 4 aromatic rings. The number of aromatic nitrogens is 4. The van der Waals surface area contributed by atoms with Crippen molar-refractivity contribution in [2.75, 3.05) is 0 Å². The first-order valence-electron chi connectivity index (χ1n) is 9.82. The fraction of sp³-hybridized carbons (Fsp3) is 0.217. The van der Waals surface area contributed by atoms with Gasteiger partial charge in [0.25, 0.3) is 5.91 Å². The molecule has 0 spiro atoms. The van der Waals surface area contributed by atoms with Crippen molar-refractivity contribution in [2.24, 2.45) is 0 Å². The highest BCUT2D eigenvalue weighted by molar-refractivity contribution is 5.95. The molecule has 6 nitrogen and oxygen atoms in total. The molecule has 1 amide bonds. The highest BCUT2D eigenvalue weighted by Crippen LogP contribution is 2.24. The van der Waals surface area contributed by atoms with E-state index in [0.29, 0.717) is 18.0 Å². The van der Waals surface area contributed by atoms with E-state index in [1.165, 1.54) is 5.56 Å². The molecule has 144 valence electrons. The smallest absolute Gasteiger partial charge is 0.251 e. The summed E-state index contributed by atoms with van der Waals surface area (Å²) in [5.41, 5.74) is 6.20. The van der Waals surface area contributed by atoms with Crippen molar-refractivity contribution in [3.05, 3.63) is 83.6 Å². The van der Waals surface area contributed by atoms with Crippen molar-refractivity contribution < 1.29 is 4.79 Å². The van der Waals surface area contributed by atoms with Crippen molar-refractivity contribution in [3.8, 4) is 5.69 Å². The number of carbonyl (C=O) groups is 1. The van der Waals surface area contributed by atoms with Gasteiger partial charge in [-0.15, -0.1) is 0 Å². The Labute approximate surface area is 168 Å². The van der Waals surface area contributed by atoms with Crippen LogP contribution < -0.4 is 5.32 Å². The molecule has 2 aromatic carbocycles. The Morgan fingerprint density at radius 3 is 2.72 bits per heavy atom. The third-order valence-corrected chi connectivity index (χ3v) is 5.27. The molecule has 0 radical (unpaired) electrons. The monoisotopic (exact) mass is 383 g/mol. The van der Waals surface area contributed by atoms with E-state index in [1.54, 1.807) is 12.7 Å². The first-order chi connectivity index (χ1) is 14.2. The van der Waals surface area contributed by atoms with Gasteiger partial charge in [-0.1, -0.05) is 36.4 Å². The molecule has 1 N–H and O–H groups in total. The summed E-state index contributed by atoms with van der Waals surface area (Å²) in [5, 5.41) is 3.05. The van der Waals surface area contributed by atoms with Crippen LogP contribution in [0.1, 0.15) is 40.0 Å². The van der Waals surface area contributed by atoms with Crippen LogP contribution in [0.4, 0.5) is 0 Å². The minimum atomic E-state index is -0.0300. The van der Waals surface area contributed by atoms with E-state index in [1.807, 2.05) is 47.9 Å².